The van der Waals surface area contributed by atoms with Crippen LogP contribution in [0.2, 0.25) is 0 Å². The quantitative estimate of drug-likeness (QED) is 0.725. The molecule has 25 heavy (non-hydrogen) atoms. The van der Waals surface area contributed by atoms with Gasteiger partial charge in [-0.2, -0.15) is 0 Å². The number of aliphatic hydroxyl groups is 1. The fourth-order valence-corrected chi connectivity index (χ4v) is 4.04. The van der Waals surface area contributed by atoms with Gasteiger partial charge in [0.15, 0.2) is 5.13 Å². The molecule has 1 unspecified atom stereocenters. The van der Waals surface area contributed by atoms with E-state index in [2.05, 4.69) is 32.2 Å². The van der Waals surface area contributed by atoms with Crippen LogP contribution in [0.4, 0.5) is 5.13 Å². The fourth-order valence-electron chi connectivity index (χ4n) is 2.96. The molecule has 1 atom stereocenters. The highest BCUT2D eigenvalue weighted by Crippen LogP contribution is 2.36. The van der Waals surface area contributed by atoms with Crippen molar-refractivity contribution in [3.05, 3.63) is 45.4 Å². The number of carbonyl (C=O) groups is 1. The molecule has 1 aliphatic carbocycles. The molecule has 0 saturated heterocycles. The molecule has 6 heteroatoms. The molecular weight excluding hydrogens is 400 g/mol. The van der Waals surface area contributed by atoms with Crippen LogP contribution in [-0.2, 0) is 10.2 Å². The Balaban J connectivity index is 1.74. The van der Waals surface area contributed by atoms with Gasteiger partial charge in [-0.25, -0.2) is 4.98 Å². The van der Waals surface area contributed by atoms with Crippen LogP contribution in [0.25, 0.3) is 0 Å². The first-order valence-corrected chi connectivity index (χ1v) is 9.75. The molecule has 1 amide bonds. The number of nitrogens with one attached hydrogen (secondary N) is 1. The third kappa shape index (κ3) is 3.64. The lowest BCUT2D eigenvalue weighted by atomic mass is 9.75. The van der Waals surface area contributed by atoms with E-state index >= 15 is 0 Å². The van der Waals surface area contributed by atoms with Gasteiger partial charge in [0.2, 0.25) is 5.91 Å². The zero-order valence-corrected chi connectivity index (χ0v) is 16.2. The minimum Gasteiger partial charge on any atom is -0.396 e. The Kier molecular flexibility index (Phi) is 5.28. The number of hydrogen-bond donors (Lipinski definition) is 2. The van der Waals surface area contributed by atoms with Crippen LogP contribution in [0.5, 0.6) is 0 Å². The van der Waals surface area contributed by atoms with E-state index < -0.39 is 5.41 Å². The molecular formula is C19H19BrN2O2S. The van der Waals surface area contributed by atoms with Crippen molar-refractivity contribution in [3.8, 4) is 12.3 Å². The van der Waals surface area contributed by atoms with Gasteiger partial charge < -0.3 is 10.4 Å². The number of amides is 1. The summed E-state index contributed by atoms with van der Waals surface area (Å²) in [5.74, 6) is 3.04. The molecule has 1 aromatic heterocycles. The number of nitrogens with zero attached hydrogens (tertiary/aromatic N) is 1. The summed E-state index contributed by atoms with van der Waals surface area (Å²) >= 11 is 4.81. The number of aromatic nitrogens is 1. The summed E-state index contributed by atoms with van der Waals surface area (Å²) in [6.45, 7) is 2.10. The number of terminal acetylenes is 1. The smallest absolute Gasteiger partial charge is 0.229 e. The zero-order valence-electron chi connectivity index (χ0n) is 13.8. The van der Waals surface area contributed by atoms with Gasteiger partial charge >= 0.3 is 0 Å². The van der Waals surface area contributed by atoms with Crippen LogP contribution in [0.15, 0.2) is 34.1 Å². The van der Waals surface area contributed by atoms with E-state index in [0.29, 0.717) is 5.13 Å². The van der Waals surface area contributed by atoms with Gasteiger partial charge in [-0.15, -0.1) is 17.8 Å². The fraction of sp³-hybridized carbons (Fsp3) is 0.368. The Morgan fingerprint density at radius 2 is 2.16 bits per heavy atom. The van der Waals surface area contributed by atoms with Crippen LogP contribution < -0.4 is 5.32 Å². The van der Waals surface area contributed by atoms with Crippen LogP contribution in [0, 0.1) is 24.2 Å². The van der Waals surface area contributed by atoms with Crippen molar-refractivity contribution in [1.82, 2.24) is 4.98 Å². The van der Waals surface area contributed by atoms with Crippen molar-refractivity contribution in [2.75, 3.05) is 11.9 Å². The van der Waals surface area contributed by atoms with Crippen molar-refractivity contribution in [2.24, 2.45) is 11.8 Å². The second-order valence-electron chi connectivity index (χ2n) is 6.52. The Bertz CT molecular complexity index is 806. The van der Waals surface area contributed by atoms with Crippen LogP contribution >= 0.6 is 27.3 Å². The summed E-state index contributed by atoms with van der Waals surface area (Å²) in [6.07, 6.45) is 7.30. The van der Waals surface area contributed by atoms with E-state index in [9.17, 15) is 4.79 Å². The Hall–Kier alpha value is -1.68. The first kappa shape index (κ1) is 18.1. The highest BCUT2D eigenvalue weighted by molar-refractivity contribution is 9.10. The van der Waals surface area contributed by atoms with Gasteiger partial charge in [0.05, 0.1) is 11.1 Å². The number of anilines is 1. The Labute approximate surface area is 159 Å². The van der Waals surface area contributed by atoms with Crippen molar-refractivity contribution in [3.63, 3.8) is 0 Å². The number of carbonyl (C=O) groups excluding carboxylic acids is 1. The van der Waals surface area contributed by atoms with Gasteiger partial charge in [0, 0.05) is 22.4 Å². The van der Waals surface area contributed by atoms with E-state index in [1.807, 2.05) is 36.6 Å². The summed E-state index contributed by atoms with van der Waals surface area (Å²) in [4.78, 5) is 16.8. The van der Waals surface area contributed by atoms with Gasteiger partial charge in [0.25, 0.3) is 0 Å². The van der Waals surface area contributed by atoms with Gasteiger partial charge in [-0.3, -0.25) is 4.79 Å². The summed E-state index contributed by atoms with van der Waals surface area (Å²) in [5, 5.41) is 14.4. The first-order chi connectivity index (χ1) is 12.0. The summed E-state index contributed by atoms with van der Waals surface area (Å²) < 4.78 is 0.989. The lowest BCUT2D eigenvalue weighted by Gasteiger charge is -2.32. The molecule has 1 fully saturated rings. The van der Waals surface area contributed by atoms with Crippen molar-refractivity contribution >= 4 is 38.3 Å². The van der Waals surface area contributed by atoms with Crippen LogP contribution in [0.3, 0.4) is 0 Å². The topological polar surface area (TPSA) is 62.2 Å². The average molecular weight is 419 g/mol. The Morgan fingerprint density at radius 1 is 1.48 bits per heavy atom. The molecule has 0 radical (unpaired) electrons. The summed E-state index contributed by atoms with van der Waals surface area (Å²) in [6, 6.07) is 7.86. The average Bonchev–Trinajstić information content (AvgIpc) is 3.03. The van der Waals surface area contributed by atoms with Crippen LogP contribution in [0.1, 0.15) is 31.0 Å². The number of aliphatic hydroxyl groups excluding tert-OH is 1. The second-order valence-corrected chi connectivity index (χ2v) is 8.29. The van der Waals surface area contributed by atoms with Crippen molar-refractivity contribution < 1.29 is 9.90 Å². The molecule has 1 aliphatic rings. The molecule has 1 heterocycles. The maximum atomic E-state index is 12.2. The molecule has 130 valence electrons. The minimum absolute atomic E-state index is 0.0309. The molecule has 1 saturated carbocycles. The molecule has 1 aromatic carbocycles. The van der Waals surface area contributed by atoms with E-state index in [4.69, 9.17) is 11.5 Å². The predicted molar refractivity (Wildman–Crippen MR) is 103 cm³/mol. The lowest BCUT2D eigenvalue weighted by Crippen LogP contribution is -2.36. The predicted octanol–water partition coefficient (Wildman–Crippen LogP) is 3.80. The minimum atomic E-state index is -0.654. The van der Waals surface area contributed by atoms with E-state index in [1.165, 1.54) is 11.3 Å². The number of thiazole rings is 1. The van der Waals surface area contributed by atoms with E-state index in [-0.39, 0.29) is 24.3 Å². The number of hydrogen-bond acceptors (Lipinski definition) is 4. The lowest BCUT2D eigenvalue weighted by molar-refractivity contribution is -0.124. The largest absolute Gasteiger partial charge is 0.396 e. The van der Waals surface area contributed by atoms with Gasteiger partial charge in [0.1, 0.15) is 0 Å². The first-order valence-electron chi connectivity index (χ1n) is 8.08. The number of rotatable bonds is 5. The standard InChI is InChI=1S/C19H19BrN2O2S/c1-3-19(2,14-4-6-15(20)7-5-14)16-11-25-18(21-16)22-17(24)13-8-12(9-13)10-23/h1,4-7,11-13,23H,8-10H2,2H3,(H,21,22,24)/t12-,13-,19?. The molecule has 0 bridgehead atoms. The SMILES string of the molecule is C#CC(C)(c1ccc(Br)cc1)c1csc(NC(=O)[C@H]2C[C@H](CO)C2)n1. The monoisotopic (exact) mass is 418 g/mol. The second kappa shape index (κ2) is 7.28. The third-order valence-corrected chi connectivity index (χ3v) is 6.11. The van der Waals surface area contributed by atoms with Crippen molar-refractivity contribution in [2.45, 2.75) is 25.2 Å². The summed E-state index contributed by atoms with van der Waals surface area (Å²) in [5.41, 5.74) is 1.07. The number of halogens is 1. The van der Waals surface area contributed by atoms with E-state index in [1.54, 1.807) is 0 Å². The third-order valence-electron chi connectivity index (χ3n) is 4.82. The molecule has 0 aliphatic heterocycles. The maximum absolute atomic E-state index is 12.2. The number of benzene rings is 1. The van der Waals surface area contributed by atoms with Gasteiger partial charge in [-0.1, -0.05) is 34.0 Å². The zero-order chi connectivity index (χ0) is 18.0. The molecule has 2 N–H and O–H groups in total. The molecule has 0 spiro atoms. The molecule has 2 aromatic rings. The normalized spacial score (nSPS) is 21.7. The molecule has 4 nitrogen and oxygen atoms in total. The highest BCUT2D eigenvalue weighted by Gasteiger charge is 2.35. The summed E-state index contributed by atoms with van der Waals surface area (Å²) in [7, 11) is 0. The Morgan fingerprint density at radius 3 is 2.76 bits per heavy atom. The maximum Gasteiger partial charge on any atom is 0.229 e. The molecule has 3 rings (SSSR count). The van der Waals surface area contributed by atoms with Gasteiger partial charge in [-0.05, 0) is 43.4 Å². The van der Waals surface area contributed by atoms with Crippen LogP contribution in [-0.4, -0.2) is 22.6 Å². The highest BCUT2D eigenvalue weighted by atomic mass is 79.9. The van der Waals surface area contributed by atoms with E-state index in [0.717, 1.165) is 28.6 Å². The van der Waals surface area contributed by atoms with Crippen molar-refractivity contribution in [1.29, 1.82) is 0 Å².